The quantitative estimate of drug-likeness (QED) is 0.838. The predicted octanol–water partition coefficient (Wildman–Crippen LogP) is 1.45. The summed E-state index contributed by atoms with van der Waals surface area (Å²) >= 11 is 1.32. The SMILES string of the molecule is C[C@@H](Sc1n[nH]c(N)n1)C(=O)N1CCc2ccccc2C1. The number of fused-ring (bicyclic) bond motifs is 1. The van der Waals surface area contributed by atoms with Crippen molar-refractivity contribution in [2.75, 3.05) is 12.3 Å². The van der Waals surface area contributed by atoms with Crippen molar-refractivity contribution in [3.63, 3.8) is 0 Å². The van der Waals surface area contributed by atoms with E-state index in [0.717, 1.165) is 13.0 Å². The third kappa shape index (κ3) is 3.02. The molecule has 0 bridgehead atoms. The van der Waals surface area contributed by atoms with Crippen LogP contribution < -0.4 is 5.73 Å². The number of aromatic amines is 1. The van der Waals surface area contributed by atoms with E-state index >= 15 is 0 Å². The fourth-order valence-electron chi connectivity index (χ4n) is 2.46. The maximum atomic E-state index is 12.5. The number of nitrogens with two attached hydrogens (primary N) is 1. The summed E-state index contributed by atoms with van der Waals surface area (Å²) in [6, 6.07) is 8.28. The van der Waals surface area contributed by atoms with Gasteiger partial charge in [-0.25, -0.2) is 5.10 Å². The van der Waals surface area contributed by atoms with Crippen molar-refractivity contribution < 1.29 is 4.79 Å². The van der Waals surface area contributed by atoms with Gasteiger partial charge in [-0.2, -0.15) is 4.98 Å². The molecule has 0 unspecified atom stereocenters. The normalized spacial score (nSPS) is 15.6. The zero-order valence-electron chi connectivity index (χ0n) is 11.7. The predicted molar refractivity (Wildman–Crippen MR) is 81.7 cm³/mol. The molecule has 21 heavy (non-hydrogen) atoms. The van der Waals surface area contributed by atoms with Gasteiger partial charge in [0.05, 0.1) is 5.25 Å². The average molecular weight is 303 g/mol. The van der Waals surface area contributed by atoms with Gasteiger partial charge in [0.25, 0.3) is 0 Å². The highest BCUT2D eigenvalue weighted by Crippen LogP contribution is 2.24. The van der Waals surface area contributed by atoms with E-state index in [1.165, 1.54) is 22.9 Å². The van der Waals surface area contributed by atoms with Gasteiger partial charge < -0.3 is 10.6 Å². The minimum Gasteiger partial charge on any atom is -0.368 e. The molecule has 6 nitrogen and oxygen atoms in total. The standard InChI is InChI=1S/C14H17N5OS/c1-9(21-14-16-13(15)17-18-14)12(20)19-7-6-10-4-2-3-5-11(10)8-19/h2-5,9H,6-8H2,1H3,(H3,15,16,17,18)/t9-/m1/s1. The van der Waals surface area contributed by atoms with Crippen LogP contribution >= 0.6 is 11.8 Å². The molecule has 1 aliphatic heterocycles. The summed E-state index contributed by atoms with van der Waals surface area (Å²) in [6.07, 6.45) is 0.910. The molecule has 1 aromatic carbocycles. The Morgan fingerprint density at radius 3 is 2.90 bits per heavy atom. The van der Waals surface area contributed by atoms with Crippen LogP contribution in [0.1, 0.15) is 18.1 Å². The molecule has 1 aromatic heterocycles. The first-order valence-electron chi connectivity index (χ1n) is 6.83. The van der Waals surface area contributed by atoms with Gasteiger partial charge in [0, 0.05) is 13.1 Å². The Bertz CT molecular complexity index is 656. The molecule has 0 spiro atoms. The van der Waals surface area contributed by atoms with E-state index < -0.39 is 0 Å². The lowest BCUT2D eigenvalue weighted by Gasteiger charge is -2.30. The second kappa shape index (κ2) is 5.77. The highest BCUT2D eigenvalue weighted by molar-refractivity contribution is 8.00. The fraction of sp³-hybridized carbons (Fsp3) is 0.357. The van der Waals surface area contributed by atoms with Crippen molar-refractivity contribution in [3.8, 4) is 0 Å². The van der Waals surface area contributed by atoms with Crippen LogP contribution in [0, 0.1) is 0 Å². The summed E-state index contributed by atoms with van der Waals surface area (Å²) in [4.78, 5) is 18.4. The van der Waals surface area contributed by atoms with E-state index in [9.17, 15) is 4.79 Å². The van der Waals surface area contributed by atoms with Crippen molar-refractivity contribution in [3.05, 3.63) is 35.4 Å². The summed E-state index contributed by atoms with van der Waals surface area (Å²) in [7, 11) is 0. The van der Waals surface area contributed by atoms with Crippen LogP contribution in [-0.4, -0.2) is 37.8 Å². The van der Waals surface area contributed by atoms with Gasteiger partial charge in [-0.1, -0.05) is 36.0 Å². The van der Waals surface area contributed by atoms with E-state index in [1.807, 2.05) is 24.0 Å². The summed E-state index contributed by atoms with van der Waals surface area (Å²) in [5.41, 5.74) is 8.06. The summed E-state index contributed by atoms with van der Waals surface area (Å²) in [6.45, 7) is 3.31. The number of amides is 1. The van der Waals surface area contributed by atoms with E-state index in [4.69, 9.17) is 5.73 Å². The number of hydrogen-bond donors (Lipinski definition) is 2. The number of nitrogens with one attached hydrogen (secondary N) is 1. The van der Waals surface area contributed by atoms with E-state index in [0.29, 0.717) is 11.7 Å². The lowest BCUT2D eigenvalue weighted by Crippen LogP contribution is -2.40. The van der Waals surface area contributed by atoms with Crippen LogP contribution in [0.15, 0.2) is 29.4 Å². The number of benzene rings is 1. The third-order valence-electron chi connectivity index (χ3n) is 3.55. The van der Waals surface area contributed by atoms with Crippen molar-refractivity contribution in [2.45, 2.75) is 30.3 Å². The first-order chi connectivity index (χ1) is 10.1. The van der Waals surface area contributed by atoms with Crippen LogP contribution in [0.3, 0.4) is 0 Å². The number of H-pyrrole nitrogens is 1. The summed E-state index contributed by atoms with van der Waals surface area (Å²) in [5.74, 6) is 0.377. The zero-order chi connectivity index (χ0) is 14.8. The van der Waals surface area contributed by atoms with E-state index in [2.05, 4.69) is 27.3 Å². The monoisotopic (exact) mass is 303 g/mol. The number of nitrogen functional groups attached to an aromatic ring is 1. The number of rotatable bonds is 3. The number of carbonyl (C=O) groups excluding carboxylic acids is 1. The minimum absolute atomic E-state index is 0.109. The number of aromatic nitrogens is 3. The summed E-state index contributed by atoms with van der Waals surface area (Å²) < 4.78 is 0. The number of nitrogens with zero attached hydrogens (tertiary/aromatic N) is 3. The van der Waals surface area contributed by atoms with Gasteiger partial charge in [-0.15, -0.1) is 5.10 Å². The Kier molecular flexibility index (Phi) is 3.83. The molecule has 3 N–H and O–H groups in total. The van der Waals surface area contributed by atoms with Crippen molar-refractivity contribution >= 4 is 23.6 Å². The number of anilines is 1. The Balaban J connectivity index is 1.66. The number of carbonyl (C=O) groups is 1. The minimum atomic E-state index is -0.231. The summed E-state index contributed by atoms with van der Waals surface area (Å²) in [5, 5.41) is 6.80. The van der Waals surface area contributed by atoms with Gasteiger partial charge in [0.1, 0.15) is 0 Å². The molecule has 2 heterocycles. The molecule has 2 aromatic rings. The molecule has 1 aliphatic rings. The number of hydrogen-bond acceptors (Lipinski definition) is 5. The molecule has 0 aliphatic carbocycles. The highest BCUT2D eigenvalue weighted by atomic mass is 32.2. The van der Waals surface area contributed by atoms with Crippen molar-refractivity contribution in [1.82, 2.24) is 20.1 Å². The fourth-order valence-corrected chi connectivity index (χ4v) is 3.28. The van der Waals surface area contributed by atoms with Crippen LogP contribution in [-0.2, 0) is 17.8 Å². The van der Waals surface area contributed by atoms with E-state index in [-0.39, 0.29) is 17.1 Å². The molecule has 0 fully saturated rings. The highest BCUT2D eigenvalue weighted by Gasteiger charge is 2.25. The van der Waals surface area contributed by atoms with Crippen LogP contribution in [0.5, 0.6) is 0 Å². The van der Waals surface area contributed by atoms with Crippen molar-refractivity contribution in [2.24, 2.45) is 0 Å². The largest absolute Gasteiger partial charge is 0.368 e. The Morgan fingerprint density at radius 1 is 1.43 bits per heavy atom. The Hall–Kier alpha value is -2.02. The zero-order valence-corrected chi connectivity index (χ0v) is 12.6. The lowest BCUT2D eigenvalue weighted by molar-refractivity contribution is -0.131. The molecular formula is C14H17N5OS. The smallest absolute Gasteiger partial charge is 0.236 e. The molecule has 0 saturated heterocycles. The molecule has 7 heteroatoms. The second-order valence-electron chi connectivity index (χ2n) is 5.04. The molecular weight excluding hydrogens is 286 g/mol. The van der Waals surface area contributed by atoms with E-state index in [1.54, 1.807) is 0 Å². The topological polar surface area (TPSA) is 87.9 Å². The van der Waals surface area contributed by atoms with Gasteiger partial charge in [0.15, 0.2) is 0 Å². The van der Waals surface area contributed by atoms with Gasteiger partial charge in [-0.3, -0.25) is 4.79 Å². The molecule has 1 atom stereocenters. The second-order valence-corrected chi connectivity index (χ2v) is 6.35. The lowest BCUT2D eigenvalue weighted by atomic mass is 10.00. The van der Waals surface area contributed by atoms with Gasteiger partial charge in [0.2, 0.25) is 17.0 Å². The van der Waals surface area contributed by atoms with Crippen molar-refractivity contribution in [1.29, 1.82) is 0 Å². The Morgan fingerprint density at radius 2 is 2.19 bits per heavy atom. The Labute approximate surface area is 127 Å². The van der Waals surface area contributed by atoms with Crippen LogP contribution in [0.2, 0.25) is 0 Å². The van der Waals surface area contributed by atoms with Gasteiger partial charge >= 0.3 is 0 Å². The third-order valence-corrected chi connectivity index (χ3v) is 4.50. The molecule has 0 saturated carbocycles. The molecule has 3 rings (SSSR count). The maximum absolute atomic E-state index is 12.5. The maximum Gasteiger partial charge on any atom is 0.236 e. The van der Waals surface area contributed by atoms with Crippen LogP contribution in [0.25, 0.3) is 0 Å². The molecule has 0 radical (unpaired) electrons. The average Bonchev–Trinajstić information content (AvgIpc) is 2.91. The van der Waals surface area contributed by atoms with Gasteiger partial charge in [-0.05, 0) is 24.5 Å². The first-order valence-corrected chi connectivity index (χ1v) is 7.71. The molecule has 1 amide bonds. The molecule has 110 valence electrons. The van der Waals surface area contributed by atoms with Crippen LogP contribution in [0.4, 0.5) is 5.95 Å². The first kappa shape index (κ1) is 13.9. The number of thioether (sulfide) groups is 1.